The van der Waals surface area contributed by atoms with Gasteiger partial charge in [0.25, 0.3) is 0 Å². The van der Waals surface area contributed by atoms with Crippen LogP contribution in [0.1, 0.15) is 6.42 Å². The fourth-order valence-electron chi connectivity index (χ4n) is 1.83. The van der Waals surface area contributed by atoms with Crippen molar-refractivity contribution in [2.75, 3.05) is 23.7 Å². The van der Waals surface area contributed by atoms with Crippen LogP contribution in [0, 0.1) is 0 Å². The molecule has 1 aliphatic heterocycles. The molecule has 1 aromatic carbocycles. The van der Waals surface area contributed by atoms with Crippen LogP contribution in [0.15, 0.2) is 18.2 Å². The van der Waals surface area contributed by atoms with Crippen molar-refractivity contribution in [3.8, 4) is 11.4 Å². The van der Waals surface area contributed by atoms with Gasteiger partial charge in [-0.2, -0.15) is 15.0 Å². The minimum Gasteiger partial charge on any atom is -0.368 e. The van der Waals surface area contributed by atoms with Gasteiger partial charge in [0.1, 0.15) is 0 Å². The molecule has 2 aromatic rings. The molecular weight excluding hydrogens is 285 g/mol. The van der Waals surface area contributed by atoms with Gasteiger partial charge in [-0.3, -0.25) is 0 Å². The molecule has 98 valence electrons. The topological polar surface area (TPSA) is 67.9 Å². The molecule has 1 aromatic heterocycles. The molecule has 1 aliphatic rings. The van der Waals surface area contributed by atoms with E-state index < -0.39 is 0 Å². The lowest BCUT2D eigenvalue weighted by atomic mass is 10.2. The van der Waals surface area contributed by atoms with Crippen molar-refractivity contribution in [1.29, 1.82) is 0 Å². The summed E-state index contributed by atoms with van der Waals surface area (Å²) in [4.78, 5) is 14.7. The first-order valence-electron chi connectivity index (χ1n) is 5.85. The molecule has 0 bridgehead atoms. The molecule has 0 spiro atoms. The summed E-state index contributed by atoms with van der Waals surface area (Å²) in [6, 6.07) is 5.15. The Morgan fingerprint density at radius 1 is 1.11 bits per heavy atom. The highest BCUT2D eigenvalue weighted by molar-refractivity contribution is 6.35. The van der Waals surface area contributed by atoms with E-state index in [1.807, 2.05) is 4.90 Å². The van der Waals surface area contributed by atoms with Crippen LogP contribution in [-0.2, 0) is 0 Å². The summed E-state index contributed by atoms with van der Waals surface area (Å²) in [5.74, 6) is 1.22. The van der Waals surface area contributed by atoms with E-state index in [1.54, 1.807) is 18.2 Å². The maximum absolute atomic E-state index is 6.15. The molecule has 3 rings (SSSR count). The summed E-state index contributed by atoms with van der Waals surface area (Å²) in [5, 5.41) is 1.11. The predicted molar refractivity (Wildman–Crippen MR) is 76.5 cm³/mol. The van der Waals surface area contributed by atoms with E-state index in [2.05, 4.69) is 15.0 Å². The van der Waals surface area contributed by atoms with E-state index >= 15 is 0 Å². The molecule has 19 heavy (non-hydrogen) atoms. The third kappa shape index (κ3) is 2.43. The summed E-state index contributed by atoms with van der Waals surface area (Å²) in [7, 11) is 0. The van der Waals surface area contributed by atoms with Crippen LogP contribution in [0.25, 0.3) is 11.4 Å². The van der Waals surface area contributed by atoms with Crippen molar-refractivity contribution >= 4 is 35.1 Å². The van der Waals surface area contributed by atoms with Crippen LogP contribution < -0.4 is 10.6 Å². The highest BCUT2D eigenvalue weighted by atomic mass is 35.5. The zero-order chi connectivity index (χ0) is 13.4. The van der Waals surface area contributed by atoms with Gasteiger partial charge >= 0.3 is 0 Å². The molecule has 0 unspecified atom stereocenters. The molecule has 0 saturated carbocycles. The molecule has 5 nitrogen and oxygen atoms in total. The number of rotatable bonds is 2. The molecule has 1 fully saturated rings. The number of aromatic nitrogens is 3. The van der Waals surface area contributed by atoms with Crippen LogP contribution in [0.2, 0.25) is 10.0 Å². The van der Waals surface area contributed by atoms with Crippen LogP contribution in [0.5, 0.6) is 0 Å². The van der Waals surface area contributed by atoms with Crippen molar-refractivity contribution in [1.82, 2.24) is 15.0 Å². The smallest absolute Gasteiger partial charge is 0.230 e. The third-order valence-corrected chi connectivity index (χ3v) is 3.51. The zero-order valence-corrected chi connectivity index (χ0v) is 11.5. The number of nitrogen functional groups attached to an aromatic ring is 1. The average Bonchev–Trinajstić information content (AvgIpc) is 2.29. The van der Waals surface area contributed by atoms with Gasteiger partial charge in [-0.25, -0.2) is 0 Å². The number of nitrogens with zero attached hydrogens (tertiary/aromatic N) is 4. The maximum Gasteiger partial charge on any atom is 0.230 e. The Balaban J connectivity index is 2.08. The summed E-state index contributed by atoms with van der Waals surface area (Å²) in [5.41, 5.74) is 6.39. The van der Waals surface area contributed by atoms with Gasteiger partial charge in [0.05, 0.1) is 5.02 Å². The SMILES string of the molecule is Nc1nc(-c2cc(Cl)ccc2Cl)nc(N2CCC2)n1. The van der Waals surface area contributed by atoms with Crippen molar-refractivity contribution in [2.24, 2.45) is 0 Å². The Hall–Kier alpha value is -1.59. The van der Waals surface area contributed by atoms with E-state index in [-0.39, 0.29) is 5.95 Å². The first-order valence-corrected chi connectivity index (χ1v) is 6.61. The second kappa shape index (κ2) is 4.83. The van der Waals surface area contributed by atoms with Gasteiger partial charge in [-0.1, -0.05) is 23.2 Å². The number of anilines is 2. The zero-order valence-electron chi connectivity index (χ0n) is 9.98. The van der Waals surface area contributed by atoms with Crippen LogP contribution in [0.4, 0.5) is 11.9 Å². The molecule has 0 amide bonds. The van der Waals surface area contributed by atoms with Crippen molar-refractivity contribution < 1.29 is 0 Å². The average molecular weight is 296 g/mol. The molecule has 2 heterocycles. The number of halogens is 2. The number of hydrogen-bond donors (Lipinski definition) is 1. The summed E-state index contributed by atoms with van der Waals surface area (Å²) in [6.07, 6.45) is 1.14. The lowest BCUT2D eigenvalue weighted by Crippen LogP contribution is -2.38. The summed E-state index contributed by atoms with van der Waals surface area (Å²) < 4.78 is 0. The second-order valence-corrected chi connectivity index (χ2v) is 5.13. The fraction of sp³-hybridized carbons (Fsp3) is 0.250. The summed E-state index contributed by atoms with van der Waals surface area (Å²) >= 11 is 12.1. The van der Waals surface area contributed by atoms with Gasteiger partial charge in [-0.05, 0) is 24.6 Å². The monoisotopic (exact) mass is 295 g/mol. The number of hydrogen-bond acceptors (Lipinski definition) is 5. The van der Waals surface area contributed by atoms with Gasteiger partial charge in [-0.15, -0.1) is 0 Å². The Kier molecular flexibility index (Phi) is 3.16. The van der Waals surface area contributed by atoms with Crippen LogP contribution in [-0.4, -0.2) is 28.0 Å². The van der Waals surface area contributed by atoms with E-state index in [1.165, 1.54) is 0 Å². The number of nitrogens with two attached hydrogens (primary N) is 1. The third-order valence-electron chi connectivity index (χ3n) is 2.95. The predicted octanol–water partition coefficient (Wildman–Crippen LogP) is 2.64. The highest BCUT2D eigenvalue weighted by Gasteiger charge is 2.19. The van der Waals surface area contributed by atoms with Crippen molar-refractivity contribution in [3.63, 3.8) is 0 Å². The maximum atomic E-state index is 6.15. The van der Waals surface area contributed by atoms with Crippen LogP contribution in [0.3, 0.4) is 0 Å². The number of benzene rings is 1. The van der Waals surface area contributed by atoms with Crippen molar-refractivity contribution in [2.45, 2.75) is 6.42 Å². The molecule has 0 atom stereocenters. The summed E-state index contributed by atoms with van der Waals surface area (Å²) in [6.45, 7) is 1.87. The molecule has 1 saturated heterocycles. The van der Waals surface area contributed by atoms with Gasteiger partial charge in [0.2, 0.25) is 11.9 Å². The standard InChI is InChI=1S/C12H11Cl2N5/c13-7-2-3-9(14)8(6-7)10-16-11(15)18-12(17-10)19-4-1-5-19/h2-3,6H,1,4-5H2,(H2,15,16,17,18). The minimum absolute atomic E-state index is 0.183. The first kappa shape index (κ1) is 12.4. The fourth-order valence-corrected chi connectivity index (χ4v) is 2.20. The molecule has 7 heteroatoms. The van der Waals surface area contributed by atoms with E-state index in [0.29, 0.717) is 27.4 Å². The normalized spacial score (nSPS) is 14.3. The molecule has 0 aliphatic carbocycles. The van der Waals surface area contributed by atoms with E-state index in [9.17, 15) is 0 Å². The highest BCUT2D eigenvalue weighted by Crippen LogP contribution is 2.29. The Morgan fingerprint density at radius 2 is 1.89 bits per heavy atom. The second-order valence-electron chi connectivity index (χ2n) is 4.28. The van der Waals surface area contributed by atoms with Crippen molar-refractivity contribution in [3.05, 3.63) is 28.2 Å². The Labute approximate surface area is 120 Å². The lowest BCUT2D eigenvalue weighted by Gasteiger charge is -2.30. The minimum atomic E-state index is 0.183. The largest absolute Gasteiger partial charge is 0.368 e. The first-order chi connectivity index (χ1) is 9.13. The molecule has 0 radical (unpaired) electrons. The quantitative estimate of drug-likeness (QED) is 0.922. The van der Waals surface area contributed by atoms with E-state index in [0.717, 1.165) is 19.5 Å². The van der Waals surface area contributed by atoms with E-state index in [4.69, 9.17) is 28.9 Å². The van der Waals surface area contributed by atoms with Gasteiger partial charge in [0, 0.05) is 23.7 Å². The van der Waals surface area contributed by atoms with Gasteiger partial charge < -0.3 is 10.6 Å². The lowest BCUT2D eigenvalue weighted by molar-refractivity contribution is 0.600. The van der Waals surface area contributed by atoms with Crippen LogP contribution >= 0.6 is 23.2 Å². The Bertz CT molecular complexity index is 628. The Morgan fingerprint density at radius 3 is 2.58 bits per heavy atom. The molecule has 2 N–H and O–H groups in total. The molecular formula is C12H11Cl2N5. The van der Waals surface area contributed by atoms with Gasteiger partial charge in [0.15, 0.2) is 5.82 Å².